The van der Waals surface area contributed by atoms with Crippen LogP contribution >= 0.6 is 0 Å². The number of rotatable bonds is 7. The number of fused-ring (bicyclic) bond motifs is 1. The summed E-state index contributed by atoms with van der Waals surface area (Å²) in [4.78, 5) is 14.6. The molecule has 0 bridgehead atoms. The van der Waals surface area contributed by atoms with Crippen LogP contribution in [0.4, 0.5) is 5.82 Å². The van der Waals surface area contributed by atoms with Crippen molar-refractivity contribution < 1.29 is 0 Å². The fourth-order valence-corrected chi connectivity index (χ4v) is 1.93. The largest absolute Gasteiger partial charge is 0.382 e. The number of hydrogen-bond donors (Lipinski definition) is 1. The third-order valence-electron chi connectivity index (χ3n) is 2.86. The summed E-state index contributed by atoms with van der Waals surface area (Å²) in [6.07, 6.45) is 6.97. The van der Waals surface area contributed by atoms with Gasteiger partial charge in [0.15, 0.2) is 11.5 Å². The van der Waals surface area contributed by atoms with Crippen molar-refractivity contribution in [2.45, 2.75) is 6.54 Å². The molecule has 0 aliphatic heterocycles. The summed E-state index contributed by atoms with van der Waals surface area (Å²) in [5.41, 5.74) is 7.18. The molecule has 2 rings (SSSR count). The first kappa shape index (κ1) is 13.2. The fourth-order valence-electron chi connectivity index (χ4n) is 1.93. The molecule has 6 heteroatoms. The van der Waals surface area contributed by atoms with E-state index in [2.05, 4.69) is 33.0 Å². The molecule has 0 radical (unpaired) electrons. The Morgan fingerprint density at radius 2 is 1.95 bits per heavy atom. The van der Waals surface area contributed by atoms with E-state index in [1.165, 1.54) is 6.33 Å². The minimum absolute atomic E-state index is 0.415. The van der Waals surface area contributed by atoms with E-state index in [-0.39, 0.29) is 0 Å². The van der Waals surface area contributed by atoms with Crippen LogP contribution < -0.4 is 5.73 Å². The van der Waals surface area contributed by atoms with Crippen LogP contribution in [-0.2, 0) is 6.54 Å². The first-order valence-electron chi connectivity index (χ1n) is 6.11. The number of hydrogen-bond acceptors (Lipinski definition) is 5. The zero-order valence-corrected chi connectivity index (χ0v) is 10.9. The summed E-state index contributed by atoms with van der Waals surface area (Å²) < 4.78 is 1.98. The van der Waals surface area contributed by atoms with E-state index in [1.807, 2.05) is 16.7 Å². The van der Waals surface area contributed by atoms with Gasteiger partial charge in [-0.15, -0.1) is 13.2 Å². The molecule has 6 nitrogen and oxygen atoms in total. The standard InChI is InChI=1S/C13H18N6/c1-3-5-18(6-4-2)7-8-19-10-17-11-12(14)15-9-16-13(11)19/h3-4,9-10H,1-2,5-8H2,(H2,14,15,16). The molecule has 0 aromatic carbocycles. The third kappa shape index (κ3) is 2.97. The number of anilines is 1. The Morgan fingerprint density at radius 1 is 1.21 bits per heavy atom. The zero-order chi connectivity index (χ0) is 13.7. The Kier molecular flexibility index (Phi) is 4.25. The summed E-state index contributed by atoms with van der Waals surface area (Å²) in [6.45, 7) is 10.8. The van der Waals surface area contributed by atoms with Crippen molar-refractivity contribution in [3.8, 4) is 0 Å². The Balaban J connectivity index is 2.10. The predicted octanol–water partition coefficient (Wildman–Crippen LogP) is 1.08. The minimum atomic E-state index is 0.415. The monoisotopic (exact) mass is 258 g/mol. The smallest absolute Gasteiger partial charge is 0.165 e. The highest BCUT2D eigenvalue weighted by Gasteiger charge is 2.08. The molecule has 0 spiro atoms. The molecule has 0 saturated carbocycles. The van der Waals surface area contributed by atoms with E-state index in [1.54, 1.807) is 6.33 Å². The van der Waals surface area contributed by atoms with Crippen molar-refractivity contribution in [2.24, 2.45) is 0 Å². The lowest BCUT2D eigenvalue weighted by Gasteiger charge is -2.18. The van der Waals surface area contributed by atoms with Crippen LogP contribution in [0.25, 0.3) is 11.2 Å². The molecule has 0 amide bonds. The molecule has 0 aliphatic rings. The van der Waals surface area contributed by atoms with Crippen LogP contribution in [0.2, 0.25) is 0 Å². The van der Waals surface area contributed by atoms with Crippen LogP contribution in [0.5, 0.6) is 0 Å². The van der Waals surface area contributed by atoms with Crippen LogP contribution in [0.1, 0.15) is 0 Å². The van der Waals surface area contributed by atoms with Gasteiger partial charge in [-0.2, -0.15) is 0 Å². The van der Waals surface area contributed by atoms with Crippen molar-refractivity contribution in [3.05, 3.63) is 38.0 Å². The number of nitrogens with two attached hydrogens (primary N) is 1. The van der Waals surface area contributed by atoms with E-state index < -0.39 is 0 Å². The van der Waals surface area contributed by atoms with Gasteiger partial charge in [0.1, 0.15) is 11.8 Å². The summed E-state index contributed by atoms with van der Waals surface area (Å²) in [5.74, 6) is 0.415. The van der Waals surface area contributed by atoms with E-state index in [4.69, 9.17) is 5.73 Å². The molecular formula is C13H18N6. The minimum Gasteiger partial charge on any atom is -0.382 e. The first-order valence-corrected chi connectivity index (χ1v) is 6.11. The van der Waals surface area contributed by atoms with Crippen molar-refractivity contribution in [1.82, 2.24) is 24.4 Å². The maximum atomic E-state index is 5.76. The highest BCUT2D eigenvalue weighted by molar-refractivity contribution is 5.80. The molecule has 2 aromatic rings. The van der Waals surface area contributed by atoms with Gasteiger partial charge in [-0.3, -0.25) is 4.90 Å². The van der Waals surface area contributed by atoms with E-state index in [0.29, 0.717) is 11.3 Å². The molecule has 0 unspecified atom stereocenters. The average Bonchev–Trinajstić information content (AvgIpc) is 2.81. The highest BCUT2D eigenvalue weighted by atomic mass is 15.2. The molecule has 19 heavy (non-hydrogen) atoms. The van der Waals surface area contributed by atoms with Crippen molar-refractivity contribution in [3.63, 3.8) is 0 Å². The number of nitrogen functional groups attached to an aromatic ring is 1. The summed E-state index contributed by atoms with van der Waals surface area (Å²) in [6, 6.07) is 0. The molecule has 2 aromatic heterocycles. The molecular weight excluding hydrogens is 240 g/mol. The lowest BCUT2D eigenvalue weighted by atomic mass is 10.4. The SMILES string of the molecule is C=CCN(CC=C)CCn1cnc2c(N)ncnc21. The summed E-state index contributed by atoms with van der Waals surface area (Å²) >= 11 is 0. The zero-order valence-electron chi connectivity index (χ0n) is 10.9. The summed E-state index contributed by atoms with van der Waals surface area (Å²) in [5, 5.41) is 0. The Morgan fingerprint density at radius 3 is 2.63 bits per heavy atom. The molecule has 0 fully saturated rings. The molecule has 2 N–H and O–H groups in total. The van der Waals surface area contributed by atoms with Crippen LogP contribution in [-0.4, -0.2) is 44.1 Å². The van der Waals surface area contributed by atoms with Crippen molar-refractivity contribution >= 4 is 17.0 Å². The topological polar surface area (TPSA) is 72.9 Å². The second-order valence-corrected chi connectivity index (χ2v) is 4.21. The van der Waals surface area contributed by atoms with Gasteiger partial charge in [0.2, 0.25) is 0 Å². The number of imidazole rings is 1. The molecule has 0 atom stereocenters. The fraction of sp³-hybridized carbons (Fsp3) is 0.308. The summed E-state index contributed by atoms with van der Waals surface area (Å²) in [7, 11) is 0. The lowest BCUT2D eigenvalue weighted by Crippen LogP contribution is -2.27. The number of nitrogens with zero attached hydrogens (tertiary/aromatic N) is 5. The maximum absolute atomic E-state index is 5.76. The van der Waals surface area contributed by atoms with E-state index in [9.17, 15) is 0 Å². The van der Waals surface area contributed by atoms with Crippen LogP contribution in [0.15, 0.2) is 38.0 Å². The second kappa shape index (κ2) is 6.10. The van der Waals surface area contributed by atoms with Gasteiger partial charge in [0, 0.05) is 26.2 Å². The van der Waals surface area contributed by atoms with Crippen molar-refractivity contribution in [2.75, 3.05) is 25.4 Å². The molecule has 2 heterocycles. The van der Waals surface area contributed by atoms with Crippen LogP contribution in [0.3, 0.4) is 0 Å². The Bertz CT molecular complexity index is 564. The number of aromatic nitrogens is 4. The average molecular weight is 258 g/mol. The van der Waals surface area contributed by atoms with E-state index in [0.717, 1.165) is 31.8 Å². The van der Waals surface area contributed by atoms with Gasteiger partial charge in [0.25, 0.3) is 0 Å². The Labute approximate surface area is 112 Å². The van der Waals surface area contributed by atoms with Gasteiger partial charge in [-0.05, 0) is 0 Å². The molecule has 0 saturated heterocycles. The predicted molar refractivity (Wildman–Crippen MR) is 76.6 cm³/mol. The van der Waals surface area contributed by atoms with Gasteiger partial charge < -0.3 is 10.3 Å². The van der Waals surface area contributed by atoms with Crippen LogP contribution in [0, 0.1) is 0 Å². The first-order chi connectivity index (χ1) is 9.26. The molecule has 100 valence electrons. The van der Waals surface area contributed by atoms with Gasteiger partial charge in [0.05, 0.1) is 6.33 Å². The van der Waals surface area contributed by atoms with E-state index >= 15 is 0 Å². The third-order valence-corrected chi connectivity index (χ3v) is 2.86. The van der Waals surface area contributed by atoms with Gasteiger partial charge in [-0.1, -0.05) is 12.2 Å². The highest BCUT2D eigenvalue weighted by Crippen LogP contribution is 2.13. The Hall–Kier alpha value is -2.21. The van der Waals surface area contributed by atoms with Gasteiger partial charge >= 0.3 is 0 Å². The van der Waals surface area contributed by atoms with Crippen molar-refractivity contribution in [1.29, 1.82) is 0 Å². The lowest BCUT2D eigenvalue weighted by molar-refractivity contribution is 0.320. The normalized spacial score (nSPS) is 11.0. The second-order valence-electron chi connectivity index (χ2n) is 4.21. The molecule has 0 aliphatic carbocycles. The maximum Gasteiger partial charge on any atom is 0.165 e. The van der Waals surface area contributed by atoms with Gasteiger partial charge in [-0.25, -0.2) is 15.0 Å². The quantitative estimate of drug-likeness (QED) is 0.752.